The van der Waals surface area contributed by atoms with Gasteiger partial charge < -0.3 is 0 Å². The predicted octanol–water partition coefficient (Wildman–Crippen LogP) is 4.44. The molecule has 0 aliphatic rings. The van der Waals surface area contributed by atoms with Crippen LogP contribution in [0.1, 0.15) is 21.5 Å². The van der Waals surface area contributed by atoms with Gasteiger partial charge in [0.25, 0.3) is 11.6 Å². The molecule has 1 amide bonds. The molecule has 3 aromatic carbocycles. The highest BCUT2D eigenvalue weighted by Gasteiger charge is 2.23. The number of hydrogen-bond donors (Lipinski definition) is 0. The van der Waals surface area contributed by atoms with Gasteiger partial charge in [0.05, 0.1) is 26.3 Å². The van der Waals surface area contributed by atoms with E-state index in [9.17, 15) is 23.3 Å². The van der Waals surface area contributed by atoms with Gasteiger partial charge in [-0.3, -0.25) is 14.9 Å². The van der Waals surface area contributed by atoms with Gasteiger partial charge in [-0.25, -0.2) is 17.7 Å². The molecule has 0 radical (unpaired) electrons. The van der Waals surface area contributed by atoms with Crippen LogP contribution in [0.5, 0.6) is 0 Å². The van der Waals surface area contributed by atoms with E-state index < -0.39 is 20.9 Å². The number of nitro groups is 1. The third kappa shape index (κ3) is 5.15. The molecular formula is C24H21N5O5S2. The van der Waals surface area contributed by atoms with Crippen LogP contribution < -0.4 is 5.01 Å². The topological polar surface area (TPSA) is 126 Å². The van der Waals surface area contributed by atoms with E-state index in [4.69, 9.17) is 0 Å². The lowest BCUT2D eigenvalue weighted by molar-refractivity contribution is -0.384. The Labute approximate surface area is 211 Å². The summed E-state index contributed by atoms with van der Waals surface area (Å²) >= 11 is 1.28. The molecule has 36 heavy (non-hydrogen) atoms. The number of rotatable bonds is 7. The molecule has 0 aliphatic carbocycles. The van der Waals surface area contributed by atoms with Gasteiger partial charge >= 0.3 is 0 Å². The van der Waals surface area contributed by atoms with Gasteiger partial charge in [-0.05, 0) is 66.6 Å². The second-order valence-electron chi connectivity index (χ2n) is 7.99. The molecular weight excluding hydrogens is 502 g/mol. The molecule has 4 rings (SSSR count). The summed E-state index contributed by atoms with van der Waals surface area (Å²) in [5, 5.41) is 16.7. The summed E-state index contributed by atoms with van der Waals surface area (Å²) < 4.78 is 26.7. The van der Waals surface area contributed by atoms with Gasteiger partial charge in [0, 0.05) is 31.8 Å². The Morgan fingerprint density at radius 2 is 1.72 bits per heavy atom. The summed E-state index contributed by atoms with van der Waals surface area (Å²) in [6, 6.07) is 17.0. The van der Waals surface area contributed by atoms with Gasteiger partial charge in [0.15, 0.2) is 0 Å². The van der Waals surface area contributed by atoms with Crippen LogP contribution >= 0.6 is 11.3 Å². The molecule has 1 heterocycles. The summed E-state index contributed by atoms with van der Waals surface area (Å²) in [5.41, 5.74) is 2.44. The lowest BCUT2D eigenvalue weighted by Crippen LogP contribution is -2.26. The van der Waals surface area contributed by atoms with E-state index in [1.807, 2.05) is 25.1 Å². The number of carbonyl (C=O) groups excluding carboxylic acids is 1. The highest BCUT2D eigenvalue weighted by atomic mass is 32.2. The highest BCUT2D eigenvalue weighted by molar-refractivity contribution is 7.89. The van der Waals surface area contributed by atoms with Crippen molar-refractivity contribution < 1.29 is 18.1 Å². The van der Waals surface area contributed by atoms with Crippen molar-refractivity contribution in [2.75, 3.05) is 19.1 Å². The number of amides is 1. The number of anilines is 1. The average Bonchev–Trinajstić information content (AvgIpc) is 3.27. The van der Waals surface area contributed by atoms with E-state index in [-0.39, 0.29) is 16.1 Å². The van der Waals surface area contributed by atoms with Crippen molar-refractivity contribution in [2.24, 2.45) is 5.10 Å². The number of thiazole rings is 1. The maximum absolute atomic E-state index is 13.5. The van der Waals surface area contributed by atoms with Crippen LogP contribution in [0.2, 0.25) is 0 Å². The standard InChI is InChI=1S/C24H21N5O5S2/c1-16-4-13-21-22(14-16)35-24(26-21)28(25-15-17-5-9-19(10-6-17)29(31)32)23(30)18-7-11-20(12-8-18)36(33,34)27(2)3/h4-15H,1-3H3/b25-15+. The van der Waals surface area contributed by atoms with Crippen LogP contribution in [0.3, 0.4) is 0 Å². The first-order valence-corrected chi connectivity index (χ1v) is 12.8. The number of non-ortho nitro benzene ring substituents is 1. The third-order valence-electron chi connectivity index (χ3n) is 5.21. The number of aromatic nitrogens is 1. The molecule has 10 nitrogen and oxygen atoms in total. The summed E-state index contributed by atoms with van der Waals surface area (Å²) in [5.74, 6) is -0.516. The molecule has 0 fully saturated rings. The Bertz CT molecular complexity index is 1580. The molecule has 0 aliphatic heterocycles. The number of nitro benzene ring substituents is 1. The average molecular weight is 524 g/mol. The minimum Gasteiger partial charge on any atom is -0.267 e. The molecule has 0 spiro atoms. The number of hydrogen-bond acceptors (Lipinski definition) is 8. The van der Waals surface area contributed by atoms with E-state index >= 15 is 0 Å². The number of nitrogens with zero attached hydrogens (tertiary/aromatic N) is 5. The van der Waals surface area contributed by atoms with Crippen molar-refractivity contribution in [2.45, 2.75) is 11.8 Å². The fourth-order valence-corrected chi connectivity index (χ4v) is 5.13. The Morgan fingerprint density at radius 1 is 1.06 bits per heavy atom. The summed E-state index contributed by atoms with van der Waals surface area (Å²) in [6.45, 7) is 1.96. The zero-order chi connectivity index (χ0) is 26.0. The number of benzene rings is 3. The molecule has 0 N–H and O–H groups in total. The minimum absolute atomic E-state index is 0.0560. The van der Waals surface area contributed by atoms with Crippen LogP contribution in [0.4, 0.5) is 10.8 Å². The lowest BCUT2D eigenvalue weighted by Gasteiger charge is -2.15. The van der Waals surface area contributed by atoms with E-state index in [0.717, 1.165) is 19.6 Å². The monoisotopic (exact) mass is 523 g/mol. The number of hydrazone groups is 1. The number of carbonyl (C=O) groups is 1. The van der Waals surface area contributed by atoms with E-state index in [1.165, 1.54) is 80.2 Å². The molecule has 12 heteroatoms. The van der Waals surface area contributed by atoms with Crippen LogP contribution in [-0.4, -0.2) is 48.8 Å². The van der Waals surface area contributed by atoms with Crippen molar-refractivity contribution in [1.82, 2.24) is 9.29 Å². The van der Waals surface area contributed by atoms with Gasteiger partial charge in [0.1, 0.15) is 0 Å². The first kappa shape index (κ1) is 25.1. The van der Waals surface area contributed by atoms with Crippen molar-refractivity contribution in [1.29, 1.82) is 0 Å². The van der Waals surface area contributed by atoms with Crippen LogP contribution in [0, 0.1) is 17.0 Å². The quantitative estimate of drug-likeness (QED) is 0.200. The first-order valence-electron chi connectivity index (χ1n) is 10.6. The van der Waals surface area contributed by atoms with Gasteiger partial charge in [-0.2, -0.15) is 10.1 Å². The molecule has 0 saturated carbocycles. The maximum Gasteiger partial charge on any atom is 0.280 e. The minimum atomic E-state index is -3.65. The van der Waals surface area contributed by atoms with E-state index in [0.29, 0.717) is 16.2 Å². The fourth-order valence-electron chi connectivity index (χ4n) is 3.21. The second kappa shape index (κ2) is 9.93. The predicted molar refractivity (Wildman–Crippen MR) is 139 cm³/mol. The lowest BCUT2D eigenvalue weighted by atomic mass is 10.2. The zero-order valence-corrected chi connectivity index (χ0v) is 21.2. The van der Waals surface area contributed by atoms with Crippen LogP contribution in [0.15, 0.2) is 76.7 Å². The smallest absolute Gasteiger partial charge is 0.267 e. The zero-order valence-electron chi connectivity index (χ0n) is 19.5. The Hall–Kier alpha value is -4.00. The molecule has 184 valence electrons. The van der Waals surface area contributed by atoms with Crippen LogP contribution in [-0.2, 0) is 10.0 Å². The summed E-state index contributed by atoms with van der Waals surface area (Å²) in [6.07, 6.45) is 1.41. The summed E-state index contributed by atoms with van der Waals surface area (Å²) in [4.78, 5) is 28.5. The molecule has 0 bridgehead atoms. The van der Waals surface area contributed by atoms with Crippen LogP contribution in [0.25, 0.3) is 10.2 Å². The van der Waals surface area contributed by atoms with Crippen molar-refractivity contribution in [3.05, 3.63) is 93.5 Å². The van der Waals surface area contributed by atoms with Crippen molar-refractivity contribution in [3.63, 3.8) is 0 Å². The van der Waals surface area contributed by atoms with Gasteiger partial charge in [-0.1, -0.05) is 17.4 Å². The third-order valence-corrected chi connectivity index (χ3v) is 8.04. The molecule has 0 unspecified atom stereocenters. The molecule has 0 atom stereocenters. The van der Waals surface area contributed by atoms with Gasteiger partial charge in [0.2, 0.25) is 15.2 Å². The van der Waals surface area contributed by atoms with Gasteiger partial charge in [-0.15, -0.1) is 0 Å². The summed E-state index contributed by atoms with van der Waals surface area (Å²) in [7, 11) is -0.792. The molecule has 1 aromatic heterocycles. The van der Waals surface area contributed by atoms with E-state index in [1.54, 1.807) is 0 Å². The Balaban J connectivity index is 1.72. The molecule has 4 aromatic rings. The number of aryl methyl sites for hydroxylation is 1. The maximum atomic E-state index is 13.5. The number of fused-ring (bicyclic) bond motifs is 1. The van der Waals surface area contributed by atoms with E-state index in [2.05, 4.69) is 10.1 Å². The van der Waals surface area contributed by atoms with Crippen molar-refractivity contribution >= 4 is 54.5 Å². The Kier molecular flexibility index (Phi) is 6.93. The fraction of sp³-hybridized carbons (Fsp3) is 0.125. The highest BCUT2D eigenvalue weighted by Crippen LogP contribution is 2.31. The number of sulfonamides is 1. The normalized spacial score (nSPS) is 11.9. The first-order chi connectivity index (χ1) is 17.1. The second-order valence-corrected chi connectivity index (χ2v) is 11.2. The largest absolute Gasteiger partial charge is 0.280 e. The Morgan fingerprint density at radius 3 is 2.33 bits per heavy atom. The molecule has 0 saturated heterocycles. The SMILES string of the molecule is Cc1ccc2nc(N(/N=C/c3ccc([N+](=O)[O-])cc3)C(=O)c3ccc(S(=O)(=O)N(C)C)cc3)sc2c1. The van der Waals surface area contributed by atoms with Crippen molar-refractivity contribution in [3.8, 4) is 0 Å².